The Morgan fingerprint density at radius 1 is 0.729 bits per heavy atom. The summed E-state index contributed by atoms with van der Waals surface area (Å²) in [5, 5.41) is 0. The van der Waals surface area contributed by atoms with Crippen molar-refractivity contribution < 1.29 is 49.0 Å². The Balaban J connectivity index is 0.000000286. The first kappa shape index (κ1) is 41.9. The van der Waals surface area contributed by atoms with Gasteiger partial charge in [0.1, 0.15) is 0 Å². The standard InChI is InChI=1S/C23H29.C17H18.C5H5.2ClH.Zr/c1-14-9-16-11-17-10-15(2)21(23(6,7)8)13-19(17)18(16)12-20(14)22(3,4)5;1-17(2,16-11-7-4-8-12-16)14-13-15-9-5-3-6-10-15;1-2-4-5-3-1;;;/h9,12-13H,11H2,1-8H3;3-12H,13H2,1-2H3;1-3H,4H2;2*1H;/q-1;;-1;;;+2/p-2. The molecule has 4 aromatic rings. The molecule has 0 saturated heterocycles. The van der Waals surface area contributed by atoms with E-state index in [1.165, 1.54) is 79.9 Å². The summed E-state index contributed by atoms with van der Waals surface area (Å²) in [5.74, 6) is 0. The van der Waals surface area contributed by atoms with E-state index in [1.54, 1.807) is 3.21 Å². The van der Waals surface area contributed by atoms with Crippen molar-refractivity contribution >= 4 is 3.21 Å². The summed E-state index contributed by atoms with van der Waals surface area (Å²) in [6.45, 7) is 22.9. The number of benzene rings is 4. The first-order valence-corrected chi connectivity index (χ1v) is 17.9. The van der Waals surface area contributed by atoms with Gasteiger partial charge < -0.3 is 24.8 Å². The fraction of sp³-hybridized carbons (Fsp3) is 0.356. The molecule has 3 heteroatoms. The summed E-state index contributed by atoms with van der Waals surface area (Å²) >= 11 is 1.53. The van der Waals surface area contributed by atoms with E-state index in [-0.39, 0.29) is 41.1 Å². The van der Waals surface area contributed by atoms with E-state index in [2.05, 4.69) is 166 Å². The van der Waals surface area contributed by atoms with E-state index >= 15 is 0 Å². The third kappa shape index (κ3) is 10.6. The Kier molecular flexibility index (Phi) is 15.3. The molecule has 0 aromatic heterocycles. The normalized spacial score (nSPS) is 12.8. The summed E-state index contributed by atoms with van der Waals surface area (Å²) in [6.07, 6.45) is 12.1. The van der Waals surface area contributed by atoms with Gasteiger partial charge >= 0.3 is 125 Å². The zero-order valence-electron chi connectivity index (χ0n) is 30.6. The maximum absolute atomic E-state index is 3.69. The third-order valence-corrected chi connectivity index (χ3v) is 11.1. The van der Waals surface area contributed by atoms with E-state index in [1.807, 2.05) is 12.2 Å². The molecule has 4 aromatic carbocycles. The van der Waals surface area contributed by atoms with Gasteiger partial charge in [0, 0.05) is 0 Å². The molecule has 0 atom stereocenters. The minimum Gasteiger partial charge on any atom is -1.00 e. The summed E-state index contributed by atoms with van der Waals surface area (Å²) in [7, 11) is 0. The fourth-order valence-corrected chi connectivity index (χ4v) is 7.27. The number of aryl methyl sites for hydroxylation is 2. The number of fused-ring (bicyclic) bond motifs is 3. The van der Waals surface area contributed by atoms with Crippen LogP contribution < -0.4 is 24.8 Å². The van der Waals surface area contributed by atoms with Gasteiger partial charge in [-0.25, -0.2) is 12.2 Å². The molecule has 252 valence electrons. The molecule has 0 bridgehead atoms. The molecule has 0 aliphatic heterocycles. The van der Waals surface area contributed by atoms with Crippen LogP contribution in [-0.4, -0.2) is 3.21 Å². The van der Waals surface area contributed by atoms with Crippen molar-refractivity contribution in [3.05, 3.63) is 154 Å². The molecule has 6 rings (SSSR count). The monoisotopic (exact) mass is 752 g/mol. The van der Waals surface area contributed by atoms with Gasteiger partial charge in [-0.15, -0.1) is 23.1 Å². The average molecular weight is 755 g/mol. The maximum atomic E-state index is 3.69. The second kappa shape index (κ2) is 17.6. The Hall–Kier alpha value is -2.31. The molecule has 48 heavy (non-hydrogen) atoms. The Morgan fingerprint density at radius 3 is 1.79 bits per heavy atom. The van der Waals surface area contributed by atoms with Gasteiger partial charge in [-0.1, -0.05) is 71.6 Å². The van der Waals surface area contributed by atoms with E-state index in [0.29, 0.717) is 0 Å². The van der Waals surface area contributed by atoms with Gasteiger partial charge in [-0.3, -0.25) is 6.08 Å². The van der Waals surface area contributed by atoms with Crippen molar-refractivity contribution in [2.75, 3.05) is 0 Å². The average Bonchev–Trinajstić information content (AvgIpc) is 3.68. The number of hydrogen-bond acceptors (Lipinski definition) is 0. The molecule has 0 heterocycles. The SMILES string of the molecule is CC(C)([C](=[Zr+2])Cc1ccccc1)c1ccccc1.Cc1[c-]c2c(cc1C(C)(C)C)-c1cc(C(C)(C)C)c(C)cc1C2.[C-]1=CC=CC1.[Cl-].[Cl-]. The van der Waals surface area contributed by atoms with E-state index < -0.39 is 0 Å². The topological polar surface area (TPSA) is 0 Å². The van der Waals surface area contributed by atoms with Crippen molar-refractivity contribution in [2.24, 2.45) is 0 Å². The summed E-state index contributed by atoms with van der Waals surface area (Å²) in [4.78, 5) is 0. The third-order valence-electron chi connectivity index (χ3n) is 9.14. The van der Waals surface area contributed by atoms with Crippen LogP contribution >= 0.6 is 0 Å². The second-order valence-corrected chi connectivity index (χ2v) is 16.8. The van der Waals surface area contributed by atoms with Crippen LogP contribution in [0.3, 0.4) is 0 Å². The minimum absolute atomic E-state index is 0. The first-order valence-electron chi connectivity index (χ1n) is 16.7. The molecule has 0 fully saturated rings. The Morgan fingerprint density at radius 2 is 1.29 bits per heavy atom. The van der Waals surface area contributed by atoms with Crippen molar-refractivity contribution in [1.29, 1.82) is 0 Å². The Bertz CT molecular complexity index is 1640. The van der Waals surface area contributed by atoms with Gasteiger partial charge in [0.25, 0.3) is 0 Å². The van der Waals surface area contributed by atoms with Gasteiger partial charge in [-0.2, -0.15) is 23.8 Å². The van der Waals surface area contributed by atoms with Crippen LogP contribution in [-0.2, 0) is 53.3 Å². The molecule has 0 amide bonds. The predicted molar refractivity (Wildman–Crippen MR) is 197 cm³/mol. The smallest absolute Gasteiger partial charge is 0.0129 e. The summed E-state index contributed by atoms with van der Waals surface area (Å²) in [6, 6.07) is 32.5. The van der Waals surface area contributed by atoms with Crippen LogP contribution in [0.4, 0.5) is 0 Å². The molecular formula is C45H52Cl2Zr-2. The van der Waals surface area contributed by atoms with Crippen LogP contribution in [0.2, 0.25) is 0 Å². The second-order valence-electron chi connectivity index (χ2n) is 15.3. The Labute approximate surface area is 319 Å². The summed E-state index contributed by atoms with van der Waals surface area (Å²) in [5.41, 5.74) is 14.6. The molecule has 0 nitrogen and oxygen atoms in total. The van der Waals surface area contributed by atoms with Crippen molar-refractivity contribution in [3.63, 3.8) is 0 Å². The molecule has 0 spiro atoms. The largest absolute Gasteiger partial charge is 1.00 e. The van der Waals surface area contributed by atoms with E-state index in [9.17, 15) is 0 Å². The number of rotatable bonds is 4. The number of hydrogen-bond donors (Lipinski definition) is 0. The predicted octanol–water partition coefficient (Wildman–Crippen LogP) is 5.51. The van der Waals surface area contributed by atoms with Crippen LogP contribution in [0.1, 0.15) is 106 Å². The van der Waals surface area contributed by atoms with E-state index in [4.69, 9.17) is 0 Å². The van der Waals surface area contributed by atoms with Gasteiger partial charge in [0.05, 0.1) is 0 Å². The van der Waals surface area contributed by atoms with Gasteiger partial charge in [0.2, 0.25) is 0 Å². The van der Waals surface area contributed by atoms with Crippen molar-refractivity contribution in [3.8, 4) is 11.1 Å². The minimum atomic E-state index is 0. The zero-order chi connectivity index (χ0) is 33.7. The zero-order valence-corrected chi connectivity index (χ0v) is 34.6. The van der Waals surface area contributed by atoms with E-state index in [0.717, 1.165) is 19.3 Å². The molecule has 0 N–H and O–H groups in total. The molecule has 0 saturated carbocycles. The molecular weight excluding hydrogens is 703 g/mol. The van der Waals surface area contributed by atoms with Crippen LogP contribution in [0.5, 0.6) is 0 Å². The van der Waals surface area contributed by atoms with Crippen LogP contribution in [0.25, 0.3) is 11.1 Å². The molecule has 0 radical (unpaired) electrons. The fourth-order valence-electron chi connectivity index (χ4n) is 6.41. The van der Waals surface area contributed by atoms with Crippen molar-refractivity contribution in [1.82, 2.24) is 0 Å². The van der Waals surface area contributed by atoms with Gasteiger partial charge in [-0.05, 0) is 35.4 Å². The number of allylic oxidation sites excluding steroid dienone is 4. The molecule has 0 unspecified atom stereocenters. The maximum Gasteiger partial charge on any atom is -0.0129 e. The quantitative estimate of drug-likeness (QED) is 0.213. The first-order chi connectivity index (χ1) is 21.6. The van der Waals surface area contributed by atoms with Crippen molar-refractivity contribution in [2.45, 2.75) is 105 Å². The molecule has 2 aliphatic carbocycles. The van der Waals surface area contributed by atoms with Crippen LogP contribution in [0, 0.1) is 26.0 Å². The molecule has 2 aliphatic rings. The van der Waals surface area contributed by atoms with Gasteiger partial charge in [0.15, 0.2) is 0 Å². The van der Waals surface area contributed by atoms with Crippen LogP contribution in [0.15, 0.2) is 97.1 Å². The number of halogens is 2. The summed E-state index contributed by atoms with van der Waals surface area (Å²) < 4.78 is 1.59.